The average molecular weight is 300 g/mol. The van der Waals surface area contributed by atoms with Crippen molar-refractivity contribution in [3.63, 3.8) is 0 Å². The van der Waals surface area contributed by atoms with Crippen LogP contribution in [0, 0.1) is 6.92 Å². The van der Waals surface area contributed by atoms with Gasteiger partial charge in [0.15, 0.2) is 0 Å². The van der Waals surface area contributed by atoms with Crippen LogP contribution in [-0.4, -0.2) is 20.5 Å². The molecule has 0 atom stereocenters. The molecule has 0 saturated carbocycles. The number of amides is 1. The van der Waals surface area contributed by atoms with Crippen LogP contribution >= 0.6 is 11.3 Å². The monoisotopic (exact) mass is 300 g/mol. The van der Waals surface area contributed by atoms with Gasteiger partial charge in [0.2, 0.25) is 4.96 Å². The van der Waals surface area contributed by atoms with Crippen molar-refractivity contribution in [1.29, 1.82) is 0 Å². The highest BCUT2D eigenvalue weighted by Gasteiger charge is 2.12. The molecule has 0 aliphatic rings. The molecule has 1 amide bonds. The minimum Gasteiger partial charge on any atom is -0.289 e. The van der Waals surface area contributed by atoms with Crippen molar-refractivity contribution in [2.75, 3.05) is 5.32 Å². The van der Waals surface area contributed by atoms with E-state index in [-0.39, 0.29) is 5.91 Å². The predicted octanol–water partition coefficient (Wildman–Crippen LogP) is 3.47. The third-order valence-corrected chi connectivity index (χ3v) is 4.25. The molecule has 0 unspecified atom stereocenters. The lowest BCUT2D eigenvalue weighted by Crippen LogP contribution is -2.13. The van der Waals surface area contributed by atoms with E-state index in [0.29, 0.717) is 17.4 Å². The zero-order valence-electron chi connectivity index (χ0n) is 12.1. The second-order valence-electron chi connectivity index (χ2n) is 5.24. The molecule has 1 N–H and O–H groups in total. The van der Waals surface area contributed by atoms with Crippen LogP contribution in [0.2, 0.25) is 0 Å². The number of hydrogen-bond donors (Lipinski definition) is 1. The Morgan fingerprint density at radius 2 is 2.00 bits per heavy atom. The van der Waals surface area contributed by atoms with Gasteiger partial charge in [0.05, 0.1) is 5.69 Å². The Bertz CT molecular complexity index is 786. The highest BCUT2D eigenvalue weighted by atomic mass is 32.1. The summed E-state index contributed by atoms with van der Waals surface area (Å²) in [5.74, 6) is 0.593. The first-order chi connectivity index (χ1) is 10.0. The molecule has 1 aromatic carbocycles. The fourth-order valence-corrected chi connectivity index (χ4v) is 2.84. The molecular weight excluding hydrogens is 284 g/mol. The lowest BCUT2D eigenvalue weighted by molar-refractivity contribution is 0.102. The van der Waals surface area contributed by atoms with Crippen LogP contribution in [-0.2, 0) is 0 Å². The number of rotatable bonds is 3. The molecule has 0 fully saturated rings. The Balaban J connectivity index is 1.78. The number of carbonyl (C=O) groups is 1. The maximum Gasteiger partial charge on any atom is 0.258 e. The lowest BCUT2D eigenvalue weighted by Gasteiger charge is -2.06. The van der Waals surface area contributed by atoms with Gasteiger partial charge in [0.1, 0.15) is 0 Å². The standard InChI is InChI=1S/C15H16N4OS/c1-9(2)11-4-6-12(7-5-11)13(20)16-14-17-15-19(18-14)10(3)8-21-15/h4-9H,1-3H3,(H,16,18,20). The van der Waals surface area contributed by atoms with E-state index >= 15 is 0 Å². The van der Waals surface area contributed by atoms with Crippen LogP contribution in [0.25, 0.3) is 4.96 Å². The fraction of sp³-hybridized carbons (Fsp3) is 0.267. The van der Waals surface area contributed by atoms with E-state index in [4.69, 9.17) is 0 Å². The Morgan fingerprint density at radius 3 is 2.62 bits per heavy atom. The SMILES string of the molecule is Cc1csc2nc(NC(=O)c3ccc(C(C)C)cc3)nn12. The Kier molecular flexibility index (Phi) is 3.47. The molecule has 2 heterocycles. The lowest BCUT2D eigenvalue weighted by atomic mass is 10.0. The number of carbonyl (C=O) groups excluding carboxylic acids is 1. The predicted molar refractivity (Wildman–Crippen MR) is 84.1 cm³/mol. The van der Waals surface area contributed by atoms with Crippen LogP contribution in [0.3, 0.4) is 0 Å². The van der Waals surface area contributed by atoms with E-state index in [2.05, 4.69) is 29.2 Å². The van der Waals surface area contributed by atoms with Gasteiger partial charge in [-0.05, 0) is 30.5 Å². The molecular formula is C15H16N4OS. The zero-order valence-corrected chi connectivity index (χ0v) is 12.9. The molecule has 0 aliphatic carbocycles. The summed E-state index contributed by atoms with van der Waals surface area (Å²) >= 11 is 1.50. The summed E-state index contributed by atoms with van der Waals surface area (Å²) in [6.07, 6.45) is 0. The molecule has 5 nitrogen and oxygen atoms in total. The Labute approximate surface area is 126 Å². The van der Waals surface area contributed by atoms with Crippen LogP contribution in [0.4, 0.5) is 5.95 Å². The highest BCUT2D eigenvalue weighted by Crippen LogP contribution is 2.17. The van der Waals surface area contributed by atoms with Crippen molar-refractivity contribution in [2.24, 2.45) is 0 Å². The molecule has 3 rings (SSSR count). The number of nitrogens with one attached hydrogen (secondary N) is 1. The Morgan fingerprint density at radius 1 is 1.29 bits per heavy atom. The van der Waals surface area contributed by atoms with E-state index in [0.717, 1.165) is 10.7 Å². The van der Waals surface area contributed by atoms with Crippen LogP contribution in [0.5, 0.6) is 0 Å². The third-order valence-electron chi connectivity index (χ3n) is 3.31. The summed E-state index contributed by atoms with van der Waals surface area (Å²) in [6, 6.07) is 7.61. The number of aryl methyl sites for hydroxylation is 1. The van der Waals surface area contributed by atoms with Gasteiger partial charge < -0.3 is 0 Å². The fourth-order valence-electron chi connectivity index (χ4n) is 2.04. The summed E-state index contributed by atoms with van der Waals surface area (Å²) < 4.78 is 1.72. The van der Waals surface area contributed by atoms with Crippen LogP contribution in [0.1, 0.15) is 41.4 Å². The molecule has 0 aliphatic heterocycles. The smallest absolute Gasteiger partial charge is 0.258 e. The van der Waals surface area contributed by atoms with Crippen molar-refractivity contribution in [3.05, 3.63) is 46.5 Å². The zero-order chi connectivity index (χ0) is 15.0. The molecule has 0 bridgehead atoms. The van der Waals surface area contributed by atoms with Crippen LogP contribution < -0.4 is 5.32 Å². The molecule has 0 radical (unpaired) electrons. The van der Waals surface area contributed by atoms with Gasteiger partial charge in [-0.2, -0.15) is 4.98 Å². The molecule has 21 heavy (non-hydrogen) atoms. The second-order valence-corrected chi connectivity index (χ2v) is 6.07. The van der Waals surface area contributed by atoms with Gasteiger partial charge in [-0.3, -0.25) is 10.1 Å². The average Bonchev–Trinajstić information content (AvgIpc) is 3.01. The maximum absolute atomic E-state index is 12.2. The van der Waals surface area contributed by atoms with Gasteiger partial charge in [0, 0.05) is 10.9 Å². The topological polar surface area (TPSA) is 59.3 Å². The molecule has 3 aromatic rings. The summed E-state index contributed by atoms with van der Waals surface area (Å²) in [5, 5.41) is 8.98. The van der Waals surface area contributed by atoms with Gasteiger partial charge in [-0.15, -0.1) is 16.4 Å². The molecule has 6 heteroatoms. The first kappa shape index (κ1) is 13.8. The van der Waals surface area contributed by atoms with Crippen molar-refractivity contribution in [3.8, 4) is 0 Å². The molecule has 108 valence electrons. The quantitative estimate of drug-likeness (QED) is 0.805. The number of hydrogen-bond acceptors (Lipinski definition) is 4. The first-order valence-electron chi connectivity index (χ1n) is 6.77. The number of benzene rings is 1. The minimum absolute atomic E-state index is 0.193. The molecule has 0 spiro atoms. The normalized spacial score (nSPS) is 11.2. The van der Waals surface area contributed by atoms with Crippen LogP contribution in [0.15, 0.2) is 29.6 Å². The third kappa shape index (κ3) is 2.67. The number of thiazole rings is 1. The van der Waals surface area contributed by atoms with Gasteiger partial charge in [-0.1, -0.05) is 26.0 Å². The van der Waals surface area contributed by atoms with E-state index in [1.165, 1.54) is 16.9 Å². The largest absolute Gasteiger partial charge is 0.289 e. The second kappa shape index (κ2) is 5.29. The van der Waals surface area contributed by atoms with E-state index < -0.39 is 0 Å². The van der Waals surface area contributed by atoms with E-state index in [1.807, 2.05) is 36.6 Å². The van der Waals surface area contributed by atoms with Crippen molar-refractivity contribution < 1.29 is 4.79 Å². The summed E-state index contributed by atoms with van der Waals surface area (Å²) in [4.78, 5) is 17.2. The van der Waals surface area contributed by atoms with Gasteiger partial charge >= 0.3 is 0 Å². The number of fused-ring (bicyclic) bond motifs is 1. The number of anilines is 1. The van der Waals surface area contributed by atoms with Crippen molar-refractivity contribution >= 4 is 28.2 Å². The maximum atomic E-state index is 12.2. The summed E-state index contributed by atoms with van der Waals surface area (Å²) in [6.45, 7) is 6.20. The van der Waals surface area contributed by atoms with Gasteiger partial charge in [0.25, 0.3) is 11.9 Å². The van der Waals surface area contributed by atoms with E-state index in [1.54, 1.807) is 4.52 Å². The van der Waals surface area contributed by atoms with Crippen molar-refractivity contribution in [2.45, 2.75) is 26.7 Å². The summed E-state index contributed by atoms with van der Waals surface area (Å²) in [5.41, 5.74) is 2.82. The van der Waals surface area contributed by atoms with Crippen molar-refractivity contribution in [1.82, 2.24) is 14.6 Å². The molecule has 2 aromatic heterocycles. The molecule has 0 saturated heterocycles. The Hall–Kier alpha value is -2.21. The number of nitrogens with zero attached hydrogens (tertiary/aromatic N) is 3. The highest BCUT2D eigenvalue weighted by molar-refractivity contribution is 7.15. The summed E-state index contributed by atoms with van der Waals surface area (Å²) in [7, 11) is 0. The first-order valence-corrected chi connectivity index (χ1v) is 7.65. The van der Waals surface area contributed by atoms with Gasteiger partial charge in [-0.25, -0.2) is 4.52 Å². The number of aromatic nitrogens is 3. The van der Waals surface area contributed by atoms with E-state index in [9.17, 15) is 4.79 Å². The minimum atomic E-state index is -0.193.